The first kappa shape index (κ1) is 14.1. The number of morpholine rings is 1. The Morgan fingerprint density at radius 2 is 2.00 bits per heavy atom. The highest BCUT2D eigenvalue weighted by molar-refractivity contribution is 7.99. The fraction of sp³-hybridized carbons (Fsp3) is 0.647. The summed E-state index contributed by atoms with van der Waals surface area (Å²) in [6, 6.07) is 9.73. The van der Waals surface area contributed by atoms with E-state index in [1.54, 1.807) is 5.56 Å². The molecular formula is C17H24N2OS. The normalized spacial score (nSPS) is 30.7. The number of benzene rings is 1. The van der Waals surface area contributed by atoms with Crippen LogP contribution in [0.3, 0.4) is 0 Å². The Morgan fingerprint density at radius 3 is 2.90 bits per heavy atom. The number of rotatable bonds is 3. The van der Waals surface area contributed by atoms with Crippen LogP contribution in [0.2, 0.25) is 0 Å². The Labute approximate surface area is 131 Å². The second kappa shape index (κ2) is 6.29. The van der Waals surface area contributed by atoms with Crippen molar-refractivity contribution in [2.45, 2.75) is 23.3 Å². The molecule has 0 aromatic heterocycles. The zero-order chi connectivity index (χ0) is 14.1. The van der Waals surface area contributed by atoms with Crippen LogP contribution in [0.5, 0.6) is 0 Å². The molecule has 0 amide bonds. The molecule has 21 heavy (non-hydrogen) atoms. The summed E-state index contributed by atoms with van der Waals surface area (Å²) in [5, 5.41) is 0. The molecule has 3 aliphatic rings. The number of ether oxygens (including phenoxy) is 1. The first-order chi connectivity index (χ1) is 10.4. The third-order valence-corrected chi connectivity index (χ3v) is 6.34. The van der Waals surface area contributed by atoms with E-state index < -0.39 is 0 Å². The third-order valence-electron chi connectivity index (χ3n) is 5.09. The lowest BCUT2D eigenvalue weighted by atomic mass is 10.0. The largest absolute Gasteiger partial charge is 0.379 e. The first-order valence-corrected chi connectivity index (χ1v) is 9.14. The predicted octanol–water partition coefficient (Wildman–Crippen LogP) is 2.28. The van der Waals surface area contributed by atoms with Crippen LogP contribution in [0.4, 0.5) is 0 Å². The van der Waals surface area contributed by atoms with Gasteiger partial charge in [0.15, 0.2) is 0 Å². The van der Waals surface area contributed by atoms with Crippen molar-refractivity contribution in [2.24, 2.45) is 0 Å². The molecule has 0 N–H and O–H groups in total. The molecular weight excluding hydrogens is 280 g/mol. The zero-order valence-electron chi connectivity index (χ0n) is 12.5. The van der Waals surface area contributed by atoms with Gasteiger partial charge in [0.2, 0.25) is 0 Å². The number of nitrogens with zero attached hydrogens (tertiary/aromatic N) is 2. The zero-order valence-corrected chi connectivity index (χ0v) is 13.4. The number of hydrogen-bond donors (Lipinski definition) is 0. The summed E-state index contributed by atoms with van der Waals surface area (Å²) in [7, 11) is 0. The van der Waals surface area contributed by atoms with Crippen LogP contribution >= 0.6 is 11.8 Å². The first-order valence-electron chi connectivity index (χ1n) is 8.16. The minimum atomic E-state index is 0.731. The van der Waals surface area contributed by atoms with E-state index >= 15 is 0 Å². The van der Waals surface area contributed by atoms with Gasteiger partial charge >= 0.3 is 0 Å². The number of thioether (sulfide) groups is 1. The van der Waals surface area contributed by atoms with Crippen LogP contribution < -0.4 is 0 Å². The van der Waals surface area contributed by atoms with E-state index in [1.807, 2.05) is 11.8 Å². The molecule has 4 rings (SSSR count). The van der Waals surface area contributed by atoms with E-state index in [0.717, 1.165) is 38.3 Å². The molecule has 1 aromatic rings. The van der Waals surface area contributed by atoms with Crippen LogP contribution in [0, 0.1) is 0 Å². The summed E-state index contributed by atoms with van der Waals surface area (Å²) in [6.45, 7) is 7.85. The minimum absolute atomic E-state index is 0.731. The number of likely N-dealkylation sites (tertiary alicyclic amines) is 1. The van der Waals surface area contributed by atoms with E-state index in [0.29, 0.717) is 0 Å². The summed E-state index contributed by atoms with van der Waals surface area (Å²) in [6.07, 6.45) is 1.33. The summed E-state index contributed by atoms with van der Waals surface area (Å²) in [4.78, 5) is 6.83. The van der Waals surface area contributed by atoms with Gasteiger partial charge in [0.1, 0.15) is 0 Å². The molecule has 1 aromatic carbocycles. The van der Waals surface area contributed by atoms with Crippen molar-refractivity contribution in [3.63, 3.8) is 0 Å². The Morgan fingerprint density at radius 1 is 1.14 bits per heavy atom. The lowest BCUT2D eigenvalue weighted by Gasteiger charge is -2.32. The third kappa shape index (κ3) is 3.00. The molecule has 2 atom stereocenters. The quantitative estimate of drug-likeness (QED) is 0.851. The van der Waals surface area contributed by atoms with Crippen LogP contribution in [0.25, 0.3) is 0 Å². The maximum absolute atomic E-state index is 5.47. The topological polar surface area (TPSA) is 15.7 Å². The van der Waals surface area contributed by atoms with Crippen LogP contribution in [-0.2, 0) is 4.74 Å². The van der Waals surface area contributed by atoms with Gasteiger partial charge in [-0.05, 0) is 24.6 Å². The molecule has 3 aliphatic heterocycles. The highest BCUT2D eigenvalue weighted by Crippen LogP contribution is 2.40. The predicted molar refractivity (Wildman–Crippen MR) is 87.1 cm³/mol. The second-order valence-electron chi connectivity index (χ2n) is 6.40. The highest BCUT2D eigenvalue weighted by Gasteiger charge is 2.31. The van der Waals surface area contributed by atoms with Gasteiger partial charge in [-0.1, -0.05) is 18.2 Å². The molecule has 0 saturated carbocycles. The van der Waals surface area contributed by atoms with Crippen molar-refractivity contribution in [1.82, 2.24) is 9.80 Å². The summed E-state index contributed by atoms with van der Waals surface area (Å²) >= 11 is 2.03. The molecule has 4 heteroatoms. The van der Waals surface area contributed by atoms with Crippen LogP contribution in [-0.4, -0.2) is 67.5 Å². The smallest absolute Gasteiger partial charge is 0.0594 e. The summed E-state index contributed by atoms with van der Waals surface area (Å²) in [5.74, 6) is 1.99. The monoisotopic (exact) mass is 304 g/mol. The van der Waals surface area contributed by atoms with Crippen molar-refractivity contribution >= 4 is 11.8 Å². The van der Waals surface area contributed by atoms with Gasteiger partial charge in [0.05, 0.1) is 13.2 Å². The van der Waals surface area contributed by atoms with E-state index in [4.69, 9.17) is 4.74 Å². The second-order valence-corrected chi connectivity index (χ2v) is 7.46. The average molecular weight is 304 g/mol. The van der Waals surface area contributed by atoms with Crippen molar-refractivity contribution < 1.29 is 4.74 Å². The standard InChI is InChI=1S/C17H24N2OS/c1-2-4-17-16(3-1)14(13-21-17)11-18-6-5-15(12-18)19-7-9-20-10-8-19/h1-4,14-15H,5-13H2. The SMILES string of the molecule is c1ccc2c(c1)SCC2CN1CCC(N2CCOCC2)C1. The van der Waals surface area contributed by atoms with E-state index in [1.165, 1.54) is 36.7 Å². The van der Waals surface area contributed by atoms with Crippen molar-refractivity contribution in [1.29, 1.82) is 0 Å². The van der Waals surface area contributed by atoms with Crippen LogP contribution in [0.1, 0.15) is 17.9 Å². The maximum Gasteiger partial charge on any atom is 0.0594 e. The molecule has 114 valence electrons. The van der Waals surface area contributed by atoms with Crippen molar-refractivity contribution in [3.05, 3.63) is 29.8 Å². The molecule has 3 nitrogen and oxygen atoms in total. The Bertz CT molecular complexity index is 489. The minimum Gasteiger partial charge on any atom is -0.379 e. The molecule has 0 bridgehead atoms. The molecule has 0 spiro atoms. The lowest BCUT2D eigenvalue weighted by Crippen LogP contribution is -2.44. The van der Waals surface area contributed by atoms with Gasteiger partial charge in [-0.3, -0.25) is 4.90 Å². The number of hydrogen-bond acceptors (Lipinski definition) is 4. The molecule has 3 heterocycles. The molecule has 2 saturated heterocycles. The van der Waals surface area contributed by atoms with Crippen molar-refractivity contribution in [2.75, 3.05) is 51.7 Å². The van der Waals surface area contributed by atoms with Gasteiger partial charge in [0, 0.05) is 48.8 Å². The van der Waals surface area contributed by atoms with Gasteiger partial charge in [-0.15, -0.1) is 11.8 Å². The average Bonchev–Trinajstić information content (AvgIpc) is 3.17. The van der Waals surface area contributed by atoms with Crippen molar-refractivity contribution in [3.8, 4) is 0 Å². The molecule has 2 unspecified atom stereocenters. The Hall–Kier alpha value is -0.550. The lowest BCUT2D eigenvalue weighted by molar-refractivity contribution is 0.0184. The van der Waals surface area contributed by atoms with Gasteiger partial charge in [-0.25, -0.2) is 0 Å². The maximum atomic E-state index is 5.47. The number of fused-ring (bicyclic) bond motifs is 1. The summed E-state index contributed by atoms with van der Waals surface area (Å²) < 4.78 is 5.47. The molecule has 0 aliphatic carbocycles. The van der Waals surface area contributed by atoms with E-state index in [-0.39, 0.29) is 0 Å². The highest BCUT2D eigenvalue weighted by atomic mass is 32.2. The molecule has 2 fully saturated rings. The fourth-order valence-electron chi connectivity index (χ4n) is 3.91. The van der Waals surface area contributed by atoms with Gasteiger partial charge in [-0.2, -0.15) is 0 Å². The van der Waals surface area contributed by atoms with E-state index in [2.05, 4.69) is 34.1 Å². The Kier molecular flexibility index (Phi) is 4.21. The van der Waals surface area contributed by atoms with Gasteiger partial charge in [0.25, 0.3) is 0 Å². The fourth-order valence-corrected chi connectivity index (χ4v) is 5.15. The Balaban J connectivity index is 1.35. The van der Waals surface area contributed by atoms with E-state index in [9.17, 15) is 0 Å². The summed E-state index contributed by atoms with van der Waals surface area (Å²) in [5.41, 5.74) is 1.58. The molecule has 0 radical (unpaired) electrons. The van der Waals surface area contributed by atoms with Crippen LogP contribution in [0.15, 0.2) is 29.2 Å². The van der Waals surface area contributed by atoms with Gasteiger partial charge < -0.3 is 9.64 Å².